The smallest absolute Gasteiger partial charge is 0.233 e. The van der Waals surface area contributed by atoms with Gasteiger partial charge in [0.15, 0.2) is 0 Å². The number of hydrogen-bond donors (Lipinski definition) is 0. The van der Waals surface area contributed by atoms with Crippen molar-refractivity contribution in [3.05, 3.63) is 66.7 Å². The van der Waals surface area contributed by atoms with Gasteiger partial charge in [-0.1, -0.05) is 0 Å². The standard InChI is InChI=1S/C24H25FN4O2S/c1-2-31-20-7-3-18(4-8-20)22-15-23(27-17-26-22)28-11-13-29(14-12-28)24(30)16-32-21-9-5-19(25)6-10-21/h3-10,15,17H,2,11-14,16H2,1H3. The van der Waals surface area contributed by atoms with Crippen LogP contribution in [-0.2, 0) is 4.79 Å². The highest BCUT2D eigenvalue weighted by atomic mass is 32.2. The molecule has 166 valence electrons. The van der Waals surface area contributed by atoms with Crippen LogP contribution in [0.15, 0.2) is 65.8 Å². The second-order valence-electron chi connectivity index (χ2n) is 7.33. The Morgan fingerprint density at radius 2 is 1.75 bits per heavy atom. The molecule has 6 nitrogen and oxygen atoms in total. The third-order valence-corrected chi connectivity index (χ3v) is 6.24. The first-order valence-electron chi connectivity index (χ1n) is 10.6. The lowest BCUT2D eigenvalue weighted by Gasteiger charge is -2.35. The summed E-state index contributed by atoms with van der Waals surface area (Å²) in [5.74, 6) is 1.87. The average molecular weight is 453 g/mol. The molecule has 1 amide bonds. The Bertz CT molecular complexity index is 1040. The van der Waals surface area contributed by atoms with E-state index in [1.807, 2.05) is 42.2 Å². The normalized spacial score (nSPS) is 13.8. The maximum atomic E-state index is 13.0. The molecule has 4 rings (SSSR count). The van der Waals surface area contributed by atoms with E-state index < -0.39 is 0 Å². The van der Waals surface area contributed by atoms with E-state index in [0.29, 0.717) is 38.5 Å². The molecule has 0 atom stereocenters. The van der Waals surface area contributed by atoms with E-state index in [0.717, 1.165) is 27.7 Å². The molecule has 0 bridgehead atoms. The van der Waals surface area contributed by atoms with Crippen LogP contribution in [0.2, 0.25) is 0 Å². The number of benzene rings is 2. The summed E-state index contributed by atoms with van der Waals surface area (Å²) in [6.07, 6.45) is 1.58. The van der Waals surface area contributed by atoms with Gasteiger partial charge in [0.05, 0.1) is 18.1 Å². The second kappa shape index (κ2) is 10.5. The van der Waals surface area contributed by atoms with Crippen LogP contribution in [0.4, 0.5) is 10.2 Å². The number of anilines is 1. The fourth-order valence-electron chi connectivity index (χ4n) is 3.52. The zero-order chi connectivity index (χ0) is 22.3. The van der Waals surface area contributed by atoms with Crippen molar-refractivity contribution < 1.29 is 13.9 Å². The van der Waals surface area contributed by atoms with Gasteiger partial charge >= 0.3 is 0 Å². The largest absolute Gasteiger partial charge is 0.494 e. The van der Waals surface area contributed by atoms with Crippen LogP contribution in [0, 0.1) is 5.82 Å². The van der Waals surface area contributed by atoms with Crippen molar-refractivity contribution in [2.75, 3.05) is 43.4 Å². The topological polar surface area (TPSA) is 58.6 Å². The lowest BCUT2D eigenvalue weighted by Crippen LogP contribution is -2.49. The molecule has 1 aliphatic rings. The van der Waals surface area contributed by atoms with Crippen molar-refractivity contribution in [2.45, 2.75) is 11.8 Å². The molecule has 1 fully saturated rings. The number of rotatable bonds is 7. The molecule has 0 spiro atoms. The van der Waals surface area contributed by atoms with E-state index in [1.165, 1.54) is 23.9 Å². The van der Waals surface area contributed by atoms with Gasteiger partial charge in [-0.3, -0.25) is 4.79 Å². The number of aromatic nitrogens is 2. The maximum absolute atomic E-state index is 13.0. The predicted molar refractivity (Wildman–Crippen MR) is 125 cm³/mol. The average Bonchev–Trinajstić information content (AvgIpc) is 2.84. The minimum absolute atomic E-state index is 0.0942. The maximum Gasteiger partial charge on any atom is 0.233 e. The van der Waals surface area contributed by atoms with Crippen molar-refractivity contribution >= 4 is 23.5 Å². The number of nitrogens with zero attached hydrogens (tertiary/aromatic N) is 4. The van der Waals surface area contributed by atoms with Gasteiger partial charge in [0.2, 0.25) is 5.91 Å². The molecule has 2 heterocycles. The number of thioether (sulfide) groups is 1. The first-order valence-corrected chi connectivity index (χ1v) is 11.6. The number of halogens is 1. The van der Waals surface area contributed by atoms with Crippen LogP contribution in [-0.4, -0.2) is 59.3 Å². The number of piperazine rings is 1. The van der Waals surface area contributed by atoms with Gasteiger partial charge in [0, 0.05) is 42.7 Å². The summed E-state index contributed by atoms with van der Waals surface area (Å²) in [7, 11) is 0. The van der Waals surface area contributed by atoms with Gasteiger partial charge in [-0.05, 0) is 55.5 Å². The third-order valence-electron chi connectivity index (χ3n) is 5.25. The Hall–Kier alpha value is -3.13. The quantitative estimate of drug-likeness (QED) is 0.503. The first-order chi connectivity index (χ1) is 15.6. The fourth-order valence-corrected chi connectivity index (χ4v) is 4.32. The summed E-state index contributed by atoms with van der Waals surface area (Å²) < 4.78 is 18.5. The van der Waals surface area contributed by atoms with E-state index in [9.17, 15) is 9.18 Å². The van der Waals surface area contributed by atoms with Crippen molar-refractivity contribution in [1.29, 1.82) is 0 Å². The molecule has 0 aliphatic carbocycles. The van der Waals surface area contributed by atoms with Gasteiger partial charge in [-0.2, -0.15) is 0 Å². The van der Waals surface area contributed by atoms with Crippen molar-refractivity contribution in [3.63, 3.8) is 0 Å². The molecule has 1 aromatic heterocycles. The molecule has 0 unspecified atom stereocenters. The first kappa shape index (κ1) is 22.1. The molecule has 0 radical (unpaired) electrons. The summed E-state index contributed by atoms with van der Waals surface area (Å²) in [6.45, 7) is 5.31. The van der Waals surface area contributed by atoms with Gasteiger partial charge in [-0.25, -0.2) is 14.4 Å². The molecule has 0 N–H and O–H groups in total. The molecule has 8 heteroatoms. The number of hydrogen-bond acceptors (Lipinski definition) is 6. The van der Waals surface area contributed by atoms with Crippen molar-refractivity contribution in [1.82, 2.24) is 14.9 Å². The van der Waals surface area contributed by atoms with E-state index in [-0.39, 0.29) is 11.7 Å². The second-order valence-corrected chi connectivity index (χ2v) is 8.38. The third kappa shape index (κ3) is 5.56. The summed E-state index contributed by atoms with van der Waals surface area (Å²) in [4.78, 5) is 26.4. The number of ether oxygens (including phenoxy) is 1. The summed E-state index contributed by atoms with van der Waals surface area (Å²) in [6, 6.07) is 16.1. The van der Waals surface area contributed by atoms with Crippen LogP contribution in [0.3, 0.4) is 0 Å². The number of amides is 1. The Morgan fingerprint density at radius 3 is 2.44 bits per heavy atom. The van der Waals surface area contributed by atoms with E-state index in [4.69, 9.17) is 4.74 Å². The van der Waals surface area contributed by atoms with Crippen molar-refractivity contribution in [2.24, 2.45) is 0 Å². The predicted octanol–water partition coefficient (Wildman–Crippen LogP) is 4.12. The van der Waals surface area contributed by atoms with Crippen LogP contribution in [0.5, 0.6) is 5.75 Å². The van der Waals surface area contributed by atoms with Crippen LogP contribution in [0.1, 0.15) is 6.92 Å². The number of carbonyl (C=O) groups is 1. The Kier molecular flexibility index (Phi) is 7.21. The van der Waals surface area contributed by atoms with Gasteiger partial charge in [-0.15, -0.1) is 11.8 Å². The highest BCUT2D eigenvalue weighted by molar-refractivity contribution is 8.00. The van der Waals surface area contributed by atoms with E-state index in [2.05, 4.69) is 14.9 Å². The van der Waals surface area contributed by atoms with Crippen LogP contribution in [0.25, 0.3) is 11.3 Å². The van der Waals surface area contributed by atoms with Crippen LogP contribution >= 0.6 is 11.8 Å². The van der Waals surface area contributed by atoms with Gasteiger partial charge in [0.25, 0.3) is 0 Å². The zero-order valence-electron chi connectivity index (χ0n) is 17.9. The SMILES string of the molecule is CCOc1ccc(-c2cc(N3CCN(C(=O)CSc4ccc(F)cc4)CC3)ncn2)cc1. The summed E-state index contributed by atoms with van der Waals surface area (Å²) in [5.41, 5.74) is 1.86. The zero-order valence-corrected chi connectivity index (χ0v) is 18.7. The highest BCUT2D eigenvalue weighted by Crippen LogP contribution is 2.24. The molecule has 3 aromatic rings. The van der Waals surface area contributed by atoms with Crippen molar-refractivity contribution in [3.8, 4) is 17.0 Å². The Balaban J connectivity index is 1.32. The summed E-state index contributed by atoms with van der Waals surface area (Å²) >= 11 is 1.43. The lowest BCUT2D eigenvalue weighted by atomic mass is 10.1. The number of carbonyl (C=O) groups excluding carboxylic acids is 1. The highest BCUT2D eigenvalue weighted by Gasteiger charge is 2.22. The molecule has 32 heavy (non-hydrogen) atoms. The Labute approximate surface area is 191 Å². The van der Waals surface area contributed by atoms with E-state index >= 15 is 0 Å². The molecule has 2 aromatic carbocycles. The van der Waals surface area contributed by atoms with Crippen LogP contribution < -0.4 is 9.64 Å². The monoisotopic (exact) mass is 452 g/mol. The minimum atomic E-state index is -0.271. The Morgan fingerprint density at radius 1 is 1.03 bits per heavy atom. The lowest BCUT2D eigenvalue weighted by molar-refractivity contribution is -0.128. The molecule has 0 saturated carbocycles. The van der Waals surface area contributed by atoms with Gasteiger partial charge in [0.1, 0.15) is 23.7 Å². The molecule has 1 aliphatic heterocycles. The van der Waals surface area contributed by atoms with Gasteiger partial charge < -0.3 is 14.5 Å². The molecular weight excluding hydrogens is 427 g/mol. The summed E-state index contributed by atoms with van der Waals surface area (Å²) in [5, 5.41) is 0. The van der Waals surface area contributed by atoms with E-state index in [1.54, 1.807) is 18.5 Å². The molecule has 1 saturated heterocycles. The minimum Gasteiger partial charge on any atom is -0.494 e. The fraction of sp³-hybridized carbons (Fsp3) is 0.292. The molecular formula is C24H25FN4O2S.